The number of hydrogen-bond donors (Lipinski definition) is 1. The number of rotatable bonds is 10. The lowest BCUT2D eigenvalue weighted by Crippen LogP contribution is -2.49. The van der Waals surface area contributed by atoms with Gasteiger partial charge in [-0.2, -0.15) is 14.1 Å². The Morgan fingerprint density at radius 1 is 1.07 bits per heavy atom. The first kappa shape index (κ1) is 28.3. The summed E-state index contributed by atoms with van der Waals surface area (Å²) in [5.41, 5.74) is 7.79. The second-order valence-electron chi connectivity index (χ2n) is 10.6. The minimum absolute atomic E-state index is 0.0603. The van der Waals surface area contributed by atoms with Crippen LogP contribution in [0.4, 0.5) is 11.4 Å². The zero-order valence-electron chi connectivity index (χ0n) is 22.7. The molecule has 0 radical (unpaired) electrons. The number of nitrogen functional groups attached to an aromatic ring is 1. The van der Waals surface area contributed by atoms with Gasteiger partial charge in [-0.3, -0.25) is 4.79 Å². The number of sulfonamides is 1. The van der Waals surface area contributed by atoms with Gasteiger partial charge in [0.2, 0.25) is 15.8 Å². The summed E-state index contributed by atoms with van der Waals surface area (Å²) in [6.07, 6.45) is 3.71. The van der Waals surface area contributed by atoms with Gasteiger partial charge in [0.1, 0.15) is 11.4 Å². The van der Waals surface area contributed by atoms with E-state index in [9.17, 15) is 13.2 Å². The summed E-state index contributed by atoms with van der Waals surface area (Å²) < 4.78 is 40.9. The Labute approximate surface area is 239 Å². The lowest BCUT2D eigenvalue weighted by molar-refractivity contribution is 0.242. The molecule has 12 heteroatoms. The zero-order chi connectivity index (χ0) is 28.5. The minimum atomic E-state index is -3.59. The molecule has 0 amide bonds. The summed E-state index contributed by atoms with van der Waals surface area (Å²) in [6.45, 7) is 6.15. The molecule has 1 saturated carbocycles. The van der Waals surface area contributed by atoms with Crippen molar-refractivity contribution >= 4 is 33.0 Å². The Hall–Kier alpha value is -3.28. The molecule has 1 aromatic heterocycles. The van der Waals surface area contributed by atoms with Gasteiger partial charge in [-0.25, -0.2) is 8.42 Å². The first-order valence-corrected chi connectivity index (χ1v) is 15.3. The van der Waals surface area contributed by atoms with Gasteiger partial charge in [0.05, 0.1) is 36.5 Å². The Morgan fingerprint density at radius 2 is 1.82 bits per heavy atom. The summed E-state index contributed by atoms with van der Waals surface area (Å²) >= 11 is 6.15. The fourth-order valence-corrected chi connectivity index (χ4v) is 6.33. The molecule has 10 nitrogen and oxygen atoms in total. The van der Waals surface area contributed by atoms with Crippen molar-refractivity contribution in [1.82, 2.24) is 14.1 Å². The minimum Gasteiger partial charge on any atom is -0.492 e. The van der Waals surface area contributed by atoms with Crippen molar-refractivity contribution in [3.8, 4) is 17.2 Å². The Kier molecular flexibility index (Phi) is 7.98. The third-order valence-corrected chi connectivity index (χ3v) is 9.42. The van der Waals surface area contributed by atoms with Gasteiger partial charge in [-0.05, 0) is 55.7 Å². The molecule has 2 aliphatic rings. The highest BCUT2D eigenvalue weighted by molar-refractivity contribution is 7.88. The van der Waals surface area contributed by atoms with Crippen molar-refractivity contribution in [2.75, 3.05) is 50.0 Å². The van der Waals surface area contributed by atoms with E-state index in [1.165, 1.54) is 8.99 Å². The van der Waals surface area contributed by atoms with E-state index in [4.69, 9.17) is 26.8 Å². The summed E-state index contributed by atoms with van der Waals surface area (Å²) in [5.74, 6) is 0.537. The highest BCUT2D eigenvalue weighted by atomic mass is 35.5. The van der Waals surface area contributed by atoms with Gasteiger partial charge in [0.15, 0.2) is 0 Å². The van der Waals surface area contributed by atoms with E-state index < -0.39 is 10.0 Å². The third-order valence-electron chi connectivity index (χ3n) is 7.34. The molecule has 0 atom stereocenters. The number of anilines is 2. The molecule has 1 aliphatic heterocycles. The van der Waals surface area contributed by atoms with E-state index in [1.807, 2.05) is 11.8 Å². The second kappa shape index (κ2) is 11.3. The Bertz CT molecular complexity index is 1550. The van der Waals surface area contributed by atoms with Crippen LogP contribution >= 0.6 is 11.6 Å². The largest absolute Gasteiger partial charge is 0.492 e. The topological polar surface area (TPSA) is 120 Å². The van der Waals surface area contributed by atoms with Crippen molar-refractivity contribution in [3.63, 3.8) is 0 Å². The van der Waals surface area contributed by atoms with Crippen LogP contribution in [0, 0.1) is 5.41 Å². The summed E-state index contributed by atoms with van der Waals surface area (Å²) in [7, 11) is -3.59. The standard InChI is InChI=1S/C28H34ClN5O5S/c1-3-38-25-15-20(7-8-23(25)30)18-40(36,37)33-13-11-32(12-14-33)24-17-31-34(22-6-4-5-21(29)16-22)27(35)26(24)39-19-28(2)9-10-28/h4-8,15-17H,3,9-14,18-19,30H2,1-2H3. The van der Waals surface area contributed by atoms with Crippen LogP contribution in [0.15, 0.2) is 53.5 Å². The van der Waals surface area contributed by atoms with Crippen LogP contribution in [0.5, 0.6) is 11.5 Å². The van der Waals surface area contributed by atoms with Gasteiger partial charge in [-0.15, -0.1) is 0 Å². The van der Waals surface area contributed by atoms with Crippen molar-refractivity contribution in [2.45, 2.75) is 32.4 Å². The van der Waals surface area contributed by atoms with Gasteiger partial charge in [-0.1, -0.05) is 30.7 Å². The second-order valence-corrected chi connectivity index (χ2v) is 13.0. The van der Waals surface area contributed by atoms with Crippen molar-refractivity contribution in [1.29, 1.82) is 0 Å². The number of halogens is 1. The number of ether oxygens (including phenoxy) is 2. The number of aromatic nitrogens is 2. The van der Waals surface area contributed by atoms with E-state index in [0.29, 0.717) is 59.7 Å². The van der Waals surface area contributed by atoms with Crippen LogP contribution in [-0.4, -0.2) is 61.9 Å². The van der Waals surface area contributed by atoms with Gasteiger partial charge >= 0.3 is 5.56 Å². The molecule has 5 rings (SSSR count). The molecule has 0 bridgehead atoms. The van der Waals surface area contributed by atoms with E-state index in [-0.39, 0.29) is 35.6 Å². The van der Waals surface area contributed by atoms with Crippen molar-refractivity contribution in [3.05, 3.63) is 69.6 Å². The zero-order valence-corrected chi connectivity index (χ0v) is 24.2. The fraction of sp³-hybridized carbons (Fsp3) is 0.429. The lowest BCUT2D eigenvalue weighted by atomic mass is 10.2. The lowest BCUT2D eigenvalue weighted by Gasteiger charge is -2.35. The molecule has 40 heavy (non-hydrogen) atoms. The average molecular weight is 588 g/mol. The van der Waals surface area contributed by atoms with Crippen LogP contribution in [-0.2, 0) is 15.8 Å². The van der Waals surface area contributed by atoms with Crippen LogP contribution < -0.4 is 25.7 Å². The first-order valence-electron chi connectivity index (χ1n) is 13.3. The van der Waals surface area contributed by atoms with Crippen LogP contribution in [0.25, 0.3) is 5.69 Å². The normalized spacial score (nSPS) is 17.0. The van der Waals surface area contributed by atoms with Gasteiger partial charge in [0.25, 0.3) is 0 Å². The van der Waals surface area contributed by atoms with Crippen molar-refractivity contribution < 1.29 is 17.9 Å². The first-order chi connectivity index (χ1) is 19.1. The monoisotopic (exact) mass is 587 g/mol. The average Bonchev–Trinajstić information content (AvgIpc) is 3.67. The highest BCUT2D eigenvalue weighted by Gasteiger charge is 2.39. The molecule has 2 fully saturated rings. The number of piperazine rings is 1. The van der Waals surface area contributed by atoms with Crippen LogP contribution in [0.1, 0.15) is 32.3 Å². The molecule has 1 aliphatic carbocycles. The summed E-state index contributed by atoms with van der Waals surface area (Å²) in [5, 5.41) is 4.90. The maximum Gasteiger partial charge on any atom is 0.316 e. The number of benzene rings is 2. The predicted molar refractivity (Wildman–Crippen MR) is 156 cm³/mol. The van der Waals surface area contributed by atoms with Gasteiger partial charge < -0.3 is 20.1 Å². The molecule has 0 spiro atoms. The Balaban J connectivity index is 1.34. The molecule has 2 heterocycles. The van der Waals surface area contributed by atoms with Crippen LogP contribution in [0.3, 0.4) is 0 Å². The molecular weight excluding hydrogens is 554 g/mol. The molecule has 3 aromatic rings. The number of nitrogens with zero attached hydrogens (tertiary/aromatic N) is 4. The summed E-state index contributed by atoms with van der Waals surface area (Å²) in [6, 6.07) is 12.0. The quantitative estimate of drug-likeness (QED) is 0.357. The fourth-order valence-electron chi connectivity index (χ4n) is 4.64. The Morgan fingerprint density at radius 3 is 2.50 bits per heavy atom. The number of hydrogen-bond acceptors (Lipinski definition) is 8. The van der Waals surface area contributed by atoms with Crippen molar-refractivity contribution in [2.24, 2.45) is 5.41 Å². The van der Waals surface area contributed by atoms with Gasteiger partial charge in [0, 0.05) is 36.6 Å². The smallest absolute Gasteiger partial charge is 0.316 e. The van der Waals surface area contributed by atoms with E-state index in [1.54, 1.807) is 48.7 Å². The van der Waals surface area contributed by atoms with E-state index in [0.717, 1.165) is 12.8 Å². The van der Waals surface area contributed by atoms with E-state index >= 15 is 0 Å². The SMILES string of the molecule is CCOc1cc(CS(=O)(=O)N2CCN(c3cnn(-c4cccc(Cl)c4)c(=O)c3OCC3(C)CC3)CC2)ccc1N. The molecule has 2 N–H and O–H groups in total. The highest BCUT2D eigenvalue weighted by Crippen LogP contribution is 2.45. The maximum atomic E-state index is 13.6. The molecule has 214 valence electrons. The maximum absolute atomic E-state index is 13.6. The van der Waals surface area contributed by atoms with Crippen LogP contribution in [0.2, 0.25) is 5.02 Å². The molecule has 2 aromatic carbocycles. The number of nitrogens with two attached hydrogens (primary N) is 1. The molecular formula is C28H34ClN5O5S. The van der Waals surface area contributed by atoms with E-state index in [2.05, 4.69) is 12.0 Å². The summed E-state index contributed by atoms with van der Waals surface area (Å²) in [4.78, 5) is 15.5. The molecule has 0 unspecified atom stereocenters. The molecule has 1 saturated heterocycles. The third kappa shape index (κ3) is 6.21. The predicted octanol–water partition coefficient (Wildman–Crippen LogP) is 3.70.